The number of aryl methyl sites for hydroxylation is 1. The average Bonchev–Trinajstić information content (AvgIpc) is 2.58. The van der Waals surface area contributed by atoms with Crippen LogP contribution >= 0.6 is 24.0 Å². The summed E-state index contributed by atoms with van der Waals surface area (Å²) < 4.78 is 0. The minimum atomic E-state index is 0. The zero-order valence-electron chi connectivity index (χ0n) is 16.2. The Bertz CT molecular complexity index is 515. The van der Waals surface area contributed by atoms with Crippen LogP contribution in [0, 0.1) is 12.8 Å². The number of halogens is 1. The molecule has 5 heteroatoms. The van der Waals surface area contributed by atoms with E-state index in [1.807, 2.05) is 0 Å². The van der Waals surface area contributed by atoms with Crippen molar-refractivity contribution in [3.05, 3.63) is 35.4 Å². The molecule has 0 amide bonds. The van der Waals surface area contributed by atoms with Crippen LogP contribution in [0.5, 0.6) is 0 Å². The first-order valence-electron chi connectivity index (χ1n) is 9.35. The zero-order valence-corrected chi connectivity index (χ0v) is 18.5. The average molecular weight is 458 g/mol. The zero-order chi connectivity index (χ0) is 17.4. The molecule has 1 heterocycles. The third kappa shape index (κ3) is 7.94. The number of aliphatic imine (C=N–C) groups is 1. The largest absolute Gasteiger partial charge is 0.357 e. The van der Waals surface area contributed by atoms with Crippen LogP contribution in [0.1, 0.15) is 43.7 Å². The van der Waals surface area contributed by atoms with Crippen LogP contribution < -0.4 is 10.6 Å². The number of rotatable bonds is 6. The fraction of sp³-hybridized carbons (Fsp3) is 0.650. The molecule has 4 nitrogen and oxygen atoms in total. The van der Waals surface area contributed by atoms with Gasteiger partial charge in [0.2, 0.25) is 0 Å². The standard InChI is InChI=1S/C20H34N4.HI/c1-5-21-20(23-14-18-7-6-12-24(4)15-18)22-13-17(3)19-10-8-16(2)9-11-19;/h8-11,17-18H,5-7,12-15H2,1-4H3,(H2,21,22,23);1H. The van der Waals surface area contributed by atoms with Crippen molar-refractivity contribution in [2.24, 2.45) is 10.9 Å². The molecular formula is C20H35IN4. The molecule has 0 aromatic heterocycles. The topological polar surface area (TPSA) is 39.7 Å². The van der Waals surface area contributed by atoms with Gasteiger partial charge in [0.05, 0.1) is 0 Å². The summed E-state index contributed by atoms with van der Waals surface area (Å²) in [5.74, 6) is 2.11. The van der Waals surface area contributed by atoms with Gasteiger partial charge in [-0.25, -0.2) is 0 Å². The lowest BCUT2D eigenvalue weighted by molar-refractivity contribution is 0.210. The summed E-state index contributed by atoms with van der Waals surface area (Å²) in [5, 5.41) is 6.91. The lowest BCUT2D eigenvalue weighted by atomic mass is 9.98. The van der Waals surface area contributed by atoms with Crippen LogP contribution in [0.3, 0.4) is 0 Å². The first-order valence-corrected chi connectivity index (χ1v) is 9.35. The molecule has 1 aliphatic rings. The Morgan fingerprint density at radius 3 is 2.64 bits per heavy atom. The summed E-state index contributed by atoms with van der Waals surface area (Å²) in [6, 6.07) is 8.79. The highest BCUT2D eigenvalue weighted by Crippen LogP contribution is 2.16. The van der Waals surface area contributed by atoms with Crippen molar-refractivity contribution in [1.29, 1.82) is 0 Å². The molecule has 2 atom stereocenters. The summed E-state index contributed by atoms with van der Waals surface area (Å²) >= 11 is 0. The van der Waals surface area contributed by atoms with Crippen LogP contribution in [0.15, 0.2) is 29.3 Å². The van der Waals surface area contributed by atoms with Crippen LogP contribution in [0.4, 0.5) is 0 Å². The van der Waals surface area contributed by atoms with Gasteiger partial charge < -0.3 is 15.5 Å². The molecule has 142 valence electrons. The quantitative estimate of drug-likeness (QED) is 0.389. The molecular weight excluding hydrogens is 423 g/mol. The predicted molar refractivity (Wildman–Crippen MR) is 119 cm³/mol. The van der Waals surface area contributed by atoms with E-state index in [1.54, 1.807) is 0 Å². The molecule has 1 aliphatic heterocycles. The highest BCUT2D eigenvalue weighted by Gasteiger charge is 2.17. The molecule has 0 radical (unpaired) electrons. The second-order valence-electron chi connectivity index (χ2n) is 7.18. The van der Waals surface area contributed by atoms with Gasteiger partial charge >= 0.3 is 0 Å². The smallest absolute Gasteiger partial charge is 0.191 e. The van der Waals surface area contributed by atoms with Crippen LogP contribution in [0.2, 0.25) is 0 Å². The van der Waals surface area contributed by atoms with Crippen molar-refractivity contribution in [3.63, 3.8) is 0 Å². The van der Waals surface area contributed by atoms with E-state index in [9.17, 15) is 0 Å². The first-order chi connectivity index (χ1) is 11.6. The molecule has 0 bridgehead atoms. The molecule has 1 aromatic carbocycles. The molecule has 1 fully saturated rings. The van der Waals surface area contributed by atoms with Gasteiger partial charge in [0, 0.05) is 32.1 Å². The van der Waals surface area contributed by atoms with Gasteiger partial charge in [0.15, 0.2) is 5.96 Å². The number of likely N-dealkylation sites (tertiary alicyclic amines) is 1. The van der Waals surface area contributed by atoms with Gasteiger partial charge in [-0.05, 0) is 51.8 Å². The summed E-state index contributed by atoms with van der Waals surface area (Å²) in [4.78, 5) is 7.23. The number of guanidine groups is 1. The lowest BCUT2D eigenvalue weighted by Crippen LogP contribution is -2.43. The number of hydrogen-bond acceptors (Lipinski definition) is 2. The first kappa shape index (κ1) is 22.2. The maximum absolute atomic E-state index is 4.80. The van der Waals surface area contributed by atoms with Crippen molar-refractivity contribution >= 4 is 29.9 Å². The normalized spacial score (nSPS) is 19.8. The summed E-state index contributed by atoms with van der Waals surface area (Å²) in [7, 11) is 2.22. The van der Waals surface area contributed by atoms with Crippen LogP contribution in [0.25, 0.3) is 0 Å². The highest BCUT2D eigenvalue weighted by atomic mass is 127. The molecule has 25 heavy (non-hydrogen) atoms. The highest BCUT2D eigenvalue weighted by molar-refractivity contribution is 14.0. The van der Waals surface area contributed by atoms with E-state index >= 15 is 0 Å². The molecule has 0 saturated carbocycles. The molecule has 2 N–H and O–H groups in total. The van der Waals surface area contributed by atoms with Crippen LogP contribution in [-0.4, -0.2) is 50.6 Å². The van der Waals surface area contributed by atoms with Gasteiger partial charge in [-0.2, -0.15) is 0 Å². The van der Waals surface area contributed by atoms with Gasteiger partial charge in [-0.1, -0.05) is 36.8 Å². The Morgan fingerprint density at radius 1 is 1.28 bits per heavy atom. The van der Waals surface area contributed by atoms with Crippen molar-refractivity contribution < 1.29 is 0 Å². The molecule has 2 unspecified atom stereocenters. The second-order valence-corrected chi connectivity index (χ2v) is 7.18. The van der Waals surface area contributed by atoms with Gasteiger partial charge in [-0.3, -0.25) is 4.99 Å². The van der Waals surface area contributed by atoms with E-state index < -0.39 is 0 Å². The molecule has 0 spiro atoms. The van der Waals surface area contributed by atoms with E-state index in [4.69, 9.17) is 4.99 Å². The Hall–Kier alpha value is -0.820. The van der Waals surface area contributed by atoms with E-state index in [0.717, 1.165) is 31.5 Å². The number of benzene rings is 1. The van der Waals surface area contributed by atoms with E-state index in [0.29, 0.717) is 5.92 Å². The minimum absolute atomic E-state index is 0. The summed E-state index contributed by atoms with van der Waals surface area (Å²) in [5.41, 5.74) is 2.66. The fourth-order valence-electron chi connectivity index (χ4n) is 3.25. The maximum atomic E-state index is 4.80. The minimum Gasteiger partial charge on any atom is -0.357 e. The second kappa shape index (κ2) is 11.7. The van der Waals surface area contributed by atoms with E-state index in [2.05, 4.69) is 67.6 Å². The third-order valence-electron chi connectivity index (χ3n) is 4.79. The molecule has 1 saturated heterocycles. The van der Waals surface area contributed by atoms with Crippen molar-refractivity contribution in [3.8, 4) is 0 Å². The Kier molecular flexibility index (Phi) is 10.4. The third-order valence-corrected chi connectivity index (χ3v) is 4.79. The van der Waals surface area contributed by atoms with Crippen LogP contribution in [-0.2, 0) is 0 Å². The number of nitrogens with one attached hydrogen (secondary N) is 2. The maximum Gasteiger partial charge on any atom is 0.191 e. The number of nitrogens with zero attached hydrogens (tertiary/aromatic N) is 2. The van der Waals surface area contributed by atoms with Crippen molar-refractivity contribution in [1.82, 2.24) is 15.5 Å². The van der Waals surface area contributed by atoms with E-state index in [1.165, 1.54) is 37.1 Å². The predicted octanol–water partition coefficient (Wildman–Crippen LogP) is 3.61. The number of piperidine rings is 1. The molecule has 1 aromatic rings. The SMILES string of the molecule is CCNC(=NCC(C)c1ccc(C)cc1)NCC1CCCN(C)C1.I. The molecule has 0 aliphatic carbocycles. The summed E-state index contributed by atoms with van der Waals surface area (Å²) in [6.07, 6.45) is 2.62. The van der Waals surface area contributed by atoms with Gasteiger partial charge in [0.25, 0.3) is 0 Å². The fourth-order valence-corrected chi connectivity index (χ4v) is 3.25. The number of hydrogen-bond donors (Lipinski definition) is 2. The van der Waals surface area contributed by atoms with Gasteiger partial charge in [-0.15, -0.1) is 24.0 Å². The van der Waals surface area contributed by atoms with E-state index in [-0.39, 0.29) is 24.0 Å². The Labute approximate surface area is 170 Å². The van der Waals surface area contributed by atoms with Crippen molar-refractivity contribution in [2.45, 2.75) is 39.5 Å². The lowest BCUT2D eigenvalue weighted by Gasteiger charge is -2.30. The van der Waals surface area contributed by atoms with Gasteiger partial charge in [0.1, 0.15) is 0 Å². The monoisotopic (exact) mass is 458 g/mol. The Balaban J connectivity index is 0.00000312. The van der Waals surface area contributed by atoms with Crippen molar-refractivity contribution in [2.75, 3.05) is 39.8 Å². The summed E-state index contributed by atoms with van der Waals surface area (Å²) in [6.45, 7) is 11.6. The molecule has 2 rings (SSSR count). The Morgan fingerprint density at radius 2 is 2.00 bits per heavy atom.